The van der Waals surface area contributed by atoms with Crippen LogP contribution in [0, 0.1) is 5.92 Å². The second-order valence-corrected chi connectivity index (χ2v) is 8.10. The number of nitrogens with zero attached hydrogens (tertiary/aromatic N) is 2. The lowest BCUT2D eigenvalue weighted by molar-refractivity contribution is -0.137. The van der Waals surface area contributed by atoms with Crippen molar-refractivity contribution in [2.24, 2.45) is 5.92 Å². The van der Waals surface area contributed by atoms with E-state index in [0.717, 1.165) is 18.9 Å². The normalized spacial score (nSPS) is 18.7. The molecule has 1 aromatic carbocycles. The third-order valence-electron chi connectivity index (χ3n) is 5.51. The summed E-state index contributed by atoms with van der Waals surface area (Å²) in [6.45, 7) is 0.570. The molecule has 0 spiro atoms. The Bertz CT molecular complexity index is 976. The zero-order valence-electron chi connectivity index (χ0n) is 17.3. The largest absolute Gasteiger partial charge is 0.419 e. The molecule has 32 heavy (non-hydrogen) atoms. The standard InChI is InChI=1S/C22H24F3N5O2/c23-22(24,25)18-4-1-11-26-19(18)30-12-2-3-14(13-30)20(31)27-15-5-7-16(8-6-15)28-21(32)29-17-9-10-17/h1,4-8,11,14,17H,2-3,9-10,12-13H2,(H,27,31)(H2,28,29,32). The van der Waals surface area contributed by atoms with Crippen LogP contribution in [-0.2, 0) is 11.0 Å². The predicted molar refractivity (Wildman–Crippen MR) is 114 cm³/mol. The van der Waals surface area contributed by atoms with Gasteiger partial charge in [-0.15, -0.1) is 0 Å². The third kappa shape index (κ3) is 5.49. The van der Waals surface area contributed by atoms with Crippen LogP contribution in [0.15, 0.2) is 42.6 Å². The van der Waals surface area contributed by atoms with E-state index in [4.69, 9.17) is 0 Å². The number of carbonyl (C=O) groups excluding carboxylic acids is 2. The van der Waals surface area contributed by atoms with E-state index < -0.39 is 17.7 Å². The Morgan fingerprint density at radius 3 is 2.34 bits per heavy atom. The molecule has 2 heterocycles. The van der Waals surface area contributed by atoms with Crippen LogP contribution in [0.3, 0.4) is 0 Å². The summed E-state index contributed by atoms with van der Waals surface area (Å²) >= 11 is 0. The first-order valence-corrected chi connectivity index (χ1v) is 10.6. The minimum Gasteiger partial charge on any atom is -0.355 e. The molecule has 7 nitrogen and oxygen atoms in total. The van der Waals surface area contributed by atoms with Crippen molar-refractivity contribution in [3.63, 3.8) is 0 Å². The number of hydrogen-bond donors (Lipinski definition) is 3. The molecule has 2 aliphatic rings. The van der Waals surface area contributed by atoms with Gasteiger partial charge in [-0.05, 0) is 62.1 Å². The molecule has 10 heteroatoms. The van der Waals surface area contributed by atoms with Crippen molar-refractivity contribution in [2.45, 2.75) is 37.9 Å². The molecule has 1 atom stereocenters. The summed E-state index contributed by atoms with van der Waals surface area (Å²) in [5.41, 5.74) is 0.351. The van der Waals surface area contributed by atoms with Crippen LogP contribution in [0.4, 0.5) is 35.2 Å². The molecule has 0 radical (unpaired) electrons. The number of anilines is 3. The highest BCUT2D eigenvalue weighted by molar-refractivity contribution is 5.94. The smallest absolute Gasteiger partial charge is 0.355 e. The molecule has 1 aliphatic carbocycles. The van der Waals surface area contributed by atoms with Crippen LogP contribution in [-0.4, -0.2) is 36.1 Å². The maximum Gasteiger partial charge on any atom is 0.419 e. The van der Waals surface area contributed by atoms with Crippen LogP contribution in [0.2, 0.25) is 0 Å². The van der Waals surface area contributed by atoms with Gasteiger partial charge in [-0.25, -0.2) is 9.78 Å². The number of alkyl halides is 3. The maximum atomic E-state index is 13.3. The molecule has 4 rings (SSSR count). The van der Waals surface area contributed by atoms with E-state index in [9.17, 15) is 22.8 Å². The Hall–Kier alpha value is -3.30. The van der Waals surface area contributed by atoms with Gasteiger partial charge in [0, 0.05) is 36.7 Å². The van der Waals surface area contributed by atoms with Gasteiger partial charge in [0.15, 0.2) is 0 Å². The topological polar surface area (TPSA) is 86.4 Å². The lowest BCUT2D eigenvalue weighted by Crippen LogP contribution is -2.42. The van der Waals surface area contributed by atoms with E-state index in [-0.39, 0.29) is 30.3 Å². The lowest BCUT2D eigenvalue weighted by Gasteiger charge is -2.34. The van der Waals surface area contributed by atoms with Crippen LogP contribution in [0.1, 0.15) is 31.2 Å². The number of aromatic nitrogens is 1. The van der Waals surface area contributed by atoms with Crippen LogP contribution >= 0.6 is 0 Å². The highest BCUT2D eigenvalue weighted by atomic mass is 19.4. The average Bonchev–Trinajstić information content (AvgIpc) is 3.58. The Morgan fingerprint density at radius 2 is 1.69 bits per heavy atom. The average molecular weight is 447 g/mol. The molecule has 170 valence electrons. The van der Waals surface area contributed by atoms with E-state index in [1.807, 2.05) is 0 Å². The molecule has 1 saturated heterocycles. The number of nitrogens with one attached hydrogen (secondary N) is 3. The Labute approximate surface area is 183 Å². The van der Waals surface area contributed by atoms with Crippen molar-refractivity contribution >= 4 is 29.1 Å². The highest BCUT2D eigenvalue weighted by Gasteiger charge is 2.37. The minimum absolute atomic E-state index is 0.141. The van der Waals surface area contributed by atoms with Gasteiger partial charge in [-0.1, -0.05) is 0 Å². The first-order chi connectivity index (χ1) is 15.3. The van der Waals surface area contributed by atoms with E-state index in [0.29, 0.717) is 30.8 Å². The van der Waals surface area contributed by atoms with Crippen LogP contribution < -0.4 is 20.9 Å². The van der Waals surface area contributed by atoms with Gasteiger partial charge in [-0.3, -0.25) is 4.79 Å². The number of amides is 3. The zero-order chi connectivity index (χ0) is 22.7. The van der Waals surface area contributed by atoms with Gasteiger partial charge in [-0.2, -0.15) is 13.2 Å². The minimum atomic E-state index is -4.51. The summed E-state index contributed by atoms with van der Waals surface area (Å²) in [6.07, 6.45) is -0.0228. The van der Waals surface area contributed by atoms with Crippen molar-refractivity contribution in [1.82, 2.24) is 10.3 Å². The van der Waals surface area contributed by atoms with Gasteiger partial charge >= 0.3 is 12.2 Å². The molecule has 2 fully saturated rings. The molecule has 1 saturated carbocycles. The van der Waals surface area contributed by atoms with Crippen molar-refractivity contribution in [1.29, 1.82) is 0 Å². The Kier molecular flexibility index (Phi) is 6.20. The highest BCUT2D eigenvalue weighted by Crippen LogP contribution is 2.36. The molecule has 3 amide bonds. The molecule has 3 N–H and O–H groups in total. The number of carbonyl (C=O) groups is 2. The van der Waals surface area contributed by atoms with Gasteiger partial charge in [0.2, 0.25) is 5.91 Å². The molecule has 2 aromatic rings. The van der Waals surface area contributed by atoms with Crippen molar-refractivity contribution < 1.29 is 22.8 Å². The number of benzene rings is 1. The van der Waals surface area contributed by atoms with Crippen LogP contribution in [0.5, 0.6) is 0 Å². The molecular formula is C22H24F3N5O2. The van der Waals surface area contributed by atoms with E-state index >= 15 is 0 Å². The van der Waals surface area contributed by atoms with Crippen LogP contribution in [0.25, 0.3) is 0 Å². The fourth-order valence-corrected chi connectivity index (χ4v) is 3.72. The van der Waals surface area contributed by atoms with Crippen molar-refractivity contribution in [3.8, 4) is 0 Å². The molecule has 1 aromatic heterocycles. The SMILES string of the molecule is O=C(Nc1ccc(NC(=O)C2CCCN(c3ncccc3C(F)(F)F)C2)cc1)NC1CC1. The van der Waals surface area contributed by atoms with E-state index in [1.54, 1.807) is 24.3 Å². The first-order valence-electron chi connectivity index (χ1n) is 10.6. The molecule has 1 aliphatic heterocycles. The lowest BCUT2D eigenvalue weighted by atomic mass is 9.96. The van der Waals surface area contributed by atoms with Crippen molar-refractivity contribution in [2.75, 3.05) is 28.6 Å². The maximum absolute atomic E-state index is 13.3. The van der Waals surface area contributed by atoms with Gasteiger partial charge in [0.05, 0.1) is 11.5 Å². The predicted octanol–water partition coefficient (Wildman–Crippen LogP) is 4.24. The number of halogens is 3. The Balaban J connectivity index is 1.36. The van der Waals surface area contributed by atoms with E-state index in [1.165, 1.54) is 17.2 Å². The fourth-order valence-electron chi connectivity index (χ4n) is 3.72. The van der Waals surface area contributed by atoms with Crippen molar-refractivity contribution in [3.05, 3.63) is 48.2 Å². The summed E-state index contributed by atoms with van der Waals surface area (Å²) in [7, 11) is 0. The molecule has 1 unspecified atom stereocenters. The molecular weight excluding hydrogens is 423 g/mol. The fraction of sp³-hybridized carbons (Fsp3) is 0.409. The van der Waals surface area contributed by atoms with Gasteiger partial charge in [0.1, 0.15) is 5.82 Å². The number of rotatable bonds is 5. The first kappa shape index (κ1) is 21.9. The number of urea groups is 1. The third-order valence-corrected chi connectivity index (χ3v) is 5.51. The number of pyridine rings is 1. The monoisotopic (exact) mass is 447 g/mol. The summed E-state index contributed by atoms with van der Waals surface area (Å²) in [4.78, 5) is 30.0. The quantitative estimate of drug-likeness (QED) is 0.640. The number of hydrogen-bond acceptors (Lipinski definition) is 4. The van der Waals surface area contributed by atoms with Gasteiger partial charge < -0.3 is 20.9 Å². The second kappa shape index (κ2) is 9.05. The summed E-state index contributed by atoms with van der Waals surface area (Å²) in [6, 6.07) is 8.96. The van der Waals surface area contributed by atoms with E-state index in [2.05, 4.69) is 20.9 Å². The summed E-state index contributed by atoms with van der Waals surface area (Å²) < 4.78 is 40.0. The molecule has 0 bridgehead atoms. The van der Waals surface area contributed by atoms with Gasteiger partial charge in [0.25, 0.3) is 0 Å². The zero-order valence-corrected chi connectivity index (χ0v) is 17.3. The second-order valence-electron chi connectivity index (χ2n) is 8.10. The summed E-state index contributed by atoms with van der Waals surface area (Å²) in [5.74, 6) is -0.863. The summed E-state index contributed by atoms with van der Waals surface area (Å²) in [5, 5.41) is 8.37. The number of piperidine rings is 1. The Morgan fingerprint density at radius 1 is 1.00 bits per heavy atom.